The average Bonchev–Trinajstić information content (AvgIpc) is 2.88. The van der Waals surface area contributed by atoms with Crippen LogP contribution in [0.5, 0.6) is 0 Å². The lowest BCUT2D eigenvalue weighted by Gasteiger charge is -2.40. The number of carbonyl (C=O) groups excluding carboxylic acids is 1. The van der Waals surface area contributed by atoms with E-state index in [1.165, 1.54) is 6.92 Å². The number of piperidine rings is 1. The Balaban J connectivity index is 1.94. The van der Waals surface area contributed by atoms with Crippen molar-refractivity contribution < 1.29 is 22.4 Å². The number of furan rings is 1. The fourth-order valence-electron chi connectivity index (χ4n) is 2.48. The Morgan fingerprint density at radius 2 is 2.25 bits per heavy atom. The highest BCUT2D eigenvalue weighted by atomic mass is 19.4. The highest BCUT2D eigenvalue weighted by molar-refractivity contribution is 5.73. The Hall–Kier alpha value is -1.50. The minimum atomic E-state index is -4.36. The summed E-state index contributed by atoms with van der Waals surface area (Å²) < 4.78 is 43.7. The van der Waals surface area contributed by atoms with Crippen molar-refractivity contribution in [1.29, 1.82) is 0 Å². The van der Waals surface area contributed by atoms with Crippen molar-refractivity contribution in [2.45, 2.75) is 44.6 Å². The van der Waals surface area contributed by atoms with Crippen LogP contribution in [-0.4, -0.2) is 35.6 Å². The summed E-state index contributed by atoms with van der Waals surface area (Å²) in [6, 6.07) is 1.72. The molecular weight excluding hydrogens is 273 g/mol. The third-order valence-corrected chi connectivity index (χ3v) is 3.51. The minimum Gasteiger partial charge on any atom is -0.468 e. The van der Waals surface area contributed by atoms with Gasteiger partial charge < -0.3 is 14.6 Å². The molecule has 7 heteroatoms. The Bertz CT molecular complexity index is 445. The quantitative estimate of drug-likeness (QED) is 0.929. The van der Waals surface area contributed by atoms with Gasteiger partial charge in [0.1, 0.15) is 11.8 Å². The first kappa shape index (κ1) is 14.9. The molecule has 0 saturated carbocycles. The van der Waals surface area contributed by atoms with Crippen LogP contribution >= 0.6 is 0 Å². The normalized spacial score (nSPS) is 23.9. The van der Waals surface area contributed by atoms with Gasteiger partial charge in [0, 0.05) is 19.5 Å². The van der Waals surface area contributed by atoms with Gasteiger partial charge in [-0.2, -0.15) is 13.2 Å². The van der Waals surface area contributed by atoms with Gasteiger partial charge in [0.05, 0.1) is 12.8 Å². The molecule has 1 aliphatic rings. The van der Waals surface area contributed by atoms with Crippen LogP contribution in [0.2, 0.25) is 0 Å². The number of nitrogens with one attached hydrogen (secondary N) is 1. The molecule has 112 valence electrons. The van der Waals surface area contributed by atoms with Crippen molar-refractivity contribution >= 4 is 5.91 Å². The van der Waals surface area contributed by atoms with Gasteiger partial charge in [-0.15, -0.1) is 0 Å². The van der Waals surface area contributed by atoms with Crippen molar-refractivity contribution in [2.75, 3.05) is 6.54 Å². The van der Waals surface area contributed by atoms with Gasteiger partial charge in [-0.3, -0.25) is 4.79 Å². The van der Waals surface area contributed by atoms with E-state index in [-0.39, 0.29) is 19.0 Å². The molecule has 2 unspecified atom stereocenters. The topological polar surface area (TPSA) is 45.5 Å². The maximum Gasteiger partial charge on any atom is 0.408 e. The molecule has 0 spiro atoms. The molecule has 1 aromatic rings. The lowest BCUT2D eigenvalue weighted by molar-refractivity contribution is -0.196. The molecular formula is C13H17F3N2O2. The van der Waals surface area contributed by atoms with Crippen molar-refractivity contribution in [2.24, 2.45) is 0 Å². The fourth-order valence-corrected chi connectivity index (χ4v) is 2.48. The smallest absolute Gasteiger partial charge is 0.408 e. The zero-order chi connectivity index (χ0) is 14.8. The fraction of sp³-hybridized carbons (Fsp3) is 0.615. The Morgan fingerprint density at radius 1 is 1.50 bits per heavy atom. The van der Waals surface area contributed by atoms with Crippen molar-refractivity contribution in [3.05, 3.63) is 24.2 Å². The molecule has 0 bridgehead atoms. The Labute approximate surface area is 114 Å². The van der Waals surface area contributed by atoms with Crippen LogP contribution in [0.25, 0.3) is 0 Å². The largest absolute Gasteiger partial charge is 0.468 e. The van der Waals surface area contributed by atoms with Crippen LogP contribution in [-0.2, 0) is 11.3 Å². The average molecular weight is 290 g/mol. The molecule has 1 amide bonds. The van der Waals surface area contributed by atoms with Crippen molar-refractivity contribution in [3.63, 3.8) is 0 Å². The van der Waals surface area contributed by atoms with E-state index in [0.29, 0.717) is 13.0 Å². The van der Waals surface area contributed by atoms with Gasteiger partial charge in [-0.1, -0.05) is 0 Å². The monoisotopic (exact) mass is 290 g/mol. The van der Waals surface area contributed by atoms with Gasteiger partial charge in [0.25, 0.3) is 0 Å². The highest BCUT2D eigenvalue weighted by Gasteiger charge is 2.47. The minimum absolute atomic E-state index is 0.0697. The van der Waals surface area contributed by atoms with E-state index >= 15 is 0 Å². The van der Waals surface area contributed by atoms with Crippen LogP contribution in [0.3, 0.4) is 0 Å². The molecule has 1 N–H and O–H groups in total. The van der Waals surface area contributed by atoms with E-state index in [2.05, 4.69) is 5.32 Å². The summed E-state index contributed by atoms with van der Waals surface area (Å²) in [6.07, 6.45) is -2.51. The molecule has 1 aromatic heterocycles. The van der Waals surface area contributed by atoms with Crippen LogP contribution in [0, 0.1) is 0 Å². The summed E-state index contributed by atoms with van der Waals surface area (Å²) in [5.41, 5.74) is 0. The van der Waals surface area contributed by atoms with Gasteiger partial charge in [0.2, 0.25) is 5.91 Å². The van der Waals surface area contributed by atoms with Gasteiger partial charge in [-0.25, -0.2) is 0 Å². The maximum atomic E-state index is 12.9. The number of hydrogen-bond acceptors (Lipinski definition) is 3. The maximum absolute atomic E-state index is 12.9. The molecule has 1 fully saturated rings. The first-order valence-corrected chi connectivity index (χ1v) is 6.47. The molecule has 0 aromatic carbocycles. The zero-order valence-electron chi connectivity index (χ0n) is 11.1. The molecule has 2 atom stereocenters. The van der Waals surface area contributed by atoms with Crippen LogP contribution in [0.1, 0.15) is 25.5 Å². The number of hydrogen-bond donors (Lipinski definition) is 1. The summed E-state index contributed by atoms with van der Waals surface area (Å²) in [6.45, 7) is 1.69. The van der Waals surface area contributed by atoms with Crippen molar-refractivity contribution in [1.82, 2.24) is 10.2 Å². The SMILES string of the molecule is CC(=O)N1CC(NCc2ccco2)CCC1C(F)(F)F. The number of amides is 1. The molecule has 1 aliphatic heterocycles. The molecule has 1 saturated heterocycles. The second-order valence-electron chi connectivity index (χ2n) is 4.96. The van der Waals surface area contributed by atoms with Crippen LogP contribution in [0.4, 0.5) is 13.2 Å². The second-order valence-corrected chi connectivity index (χ2v) is 4.96. The molecule has 0 aliphatic carbocycles. The number of halogens is 3. The summed E-state index contributed by atoms with van der Waals surface area (Å²) in [7, 11) is 0. The third kappa shape index (κ3) is 3.53. The van der Waals surface area contributed by atoms with Gasteiger partial charge >= 0.3 is 6.18 Å². The van der Waals surface area contributed by atoms with E-state index in [1.54, 1.807) is 18.4 Å². The number of alkyl halides is 3. The van der Waals surface area contributed by atoms with E-state index in [1.807, 2.05) is 0 Å². The molecule has 0 radical (unpaired) electrons. The van der Waals surface area contributed by atoms with E-state index in [9.17, 15) is 18.0 Å². The predicted octanol–water partition coefficient (Wildman–Crippen LogP) is 2.31. The van der Waals surface area contributed by atoms with Crippen molar-refractivity contribution in [3.8, 4) is 0 Å². The second kappa shape index (κ2) is 5.87. The first-order valence-electron chi connectivity index (χ1n) is 6.47. The number of nitrogens with zero attached hydrogens (tertiary/aromatic N) is 1. The predicted molar refractivity (Wildman–Crippen MR) is 65.8 cm³/mol. The molecule has 2 heterocycles. The van der Waals surface area contributed by atoms with E-state index in [4.69, 9.17) is 4.42 Å². The summed E-state index contributed by atoms with van der Waals surface area (Å²) >= 11 is 0. The summed E-state index contributed by atoms with van der Waals surface area (Å²) in [5.74, 6) is 0.175. The highest BCUT2D eigenvalue weighted by Crippen LogP contribution is 2.32. The lowest BCUT2D eigenvalue weighted by atomic mass is 9.97. The standard InChI is InChI=1S/C13H17F3N2O2/c1-9(19)18-8-10(4-5-12(18)13(14,15)16)17-7-11-3-2-6-20-11/h2-3,6,10,12,17H,4-5,7-8H2,1H3. The zero-order valence-corrected chi connectivity index (χ0v) is 11.1. The van der Waals surface area contributed by atoms with E-state index in [0.717, 1.165) is 10.7 Å². The number of carbonyl (C=O) groups is 1. The van der Waals surface area contributed by atoms with Crippen LogP contribution < -0.4 is 5.32 Å². The molecule has 2 rings (SSSR count). The summed E-state index contributed by atoms with van der Waals surface area (Å²) in [4.78, 5) is 12.3. The molecule has 20 heavy (non-hydrogen) atoms. The number of rotatable bonds is 3. The van der Waals surface area contributed by atoms with Gasteiger partial charge in [0.15, 0.2) is 0 Å². The first-order chi connectivity index (χ1) is 9.38. The summed E-state index contributed by atoms with van der Waals surface area (Å²) in [5, 5.41) is 3.13. The Kier molecular flexibility index (Phi) is 4.37. The number of likely N-dealkylation sites (tertiary alicyclic amines) is 1. The molecule has 4 nitrogen and oxygen atoms in total. The van der Waals surface area contributed by atoms with Gasteiger partial charge in [-0.05, 0) is 25.0 Å². The van der Waals surface area contributed by atoms with E-state index < -0.39 is 18.1 Å². The third-order valence-electron chi connectivity index (χ3n) is 3.51. The lowest BCUT2D eigenvalue weighted by Crippen LogP contribution is -2.56. The Morgan fingerprint density at radius 3 is 2.80 bits per heavy atom. The van der Waals surface area contributed by atoms with Crippen LogP contribution in [0.15, 0.2) is 22.8 Å².